The summed E-state index contributed by atoms with van der Waals surface area (Å²) in [5.74, 6) is -0.280. The van der Waals surface area contributed by atoms with E-state index in [1.165, 1.54) is 12.1 Å². The molecular formula is C9H12FNO. The molecule has 0 heterocycles. The molecule has 3 N–H and O–H groups in total. The van der Waals surface area contributed by atoms with Crippen molar-refractivity contribution < 1.29 is 9.50 Å². The lowest BCUT2D eigenvalue weighted by molar-refractivity contribution is 0.288. The van der Waals surface area contributed by atoms with Gasteiger partial charge in [-0.3, -0.25) is 0 Å². The van der Waals surface area contributed by atoms with Crippen LogP contribution in [-0.2, 0) is 6.42 Å². The van der Waals surface area contributed by atoms with Crippen molar-refractivity contribution >= 4 is 5.69 Å². The number of aliphatic hydroxyl groups is 1. The second-order valence-corrected chi connectivity index (χ2v) is 2.67. The smallest absolute Gasteiger partial charge is 0.123 e. The Labute approximate surface area is 70.8 Å². The van der Waals surface area contributed by atoms with E-state index in [4.69, 9.17) is 10.8 Å². The van der Waals surface area contributed by atoms with E-state index in [2.05, 4.69) is 0 Å². The van der Waals surface area contributed by atoms with Crippen LogP contribution in [0.5, 0.6) is 0 Å². The molecule has 0 bridgehead atoms. The normalized spacial score (nSPS) is 10.2. The topological polar surface area (TPSA) is 46.2 Å². The number of benzene rings is 1. The summed E-state index contributed by atoms with van der Waals surface area (Å²) in [5, 5.41) is 8.55. The zero-order valence-corrected chi connectivity index (χ0v) is 6.76. The van der Waals surface area contributed by atoms with E-state index in [-0.39, 0.29) is 12.4 Å². The molecule has 0 aliphatic heterocycles. The van der Waals surface area contributed by atoms with Crippen LogP contribution in [0.15, 0.2) is 18.2 Å². The number of hydrogen-bond acceptors (Lipinski definition) is 2. The first kappa shape index (κ1) is 9.00. The zero-order chi connectivity index (χ0) is 8.97. The molecule has 0 amide bonds. The van der Waals surface area contributed by atoms with Gasteiger partial charge in [-0.2, -0.15) is 0 Å². The summed E-state index contributed by atoms with van der Waals surface area (Å²) in [6.45, 7) is 0.107. The van der Waals surface area contributed by atoms with Crippen LogP contribution in [0.3, 0.4) is 0 Å². The molecule has 1 aromatic rings. The fraction of sp³-hybridized carbons (Fsp3) is 0.333. The van der Waals surface area contributed by atoms with Crippen LogP contribution in [-0.4, -0.2) is 11.7 Å². The Morgan fingerprint density at radius 3 is 2.83 bits per heavy atom. The van der Waals surface area contributed by atoms with Gasteiger partial charge in [0.15, 0.2) is 0 Å². The molecule has 0 aromatic heterocycles. The molecule has 0 aliphatic carbocycles. The van der Waals surface area contributed by atoms with Gasteiger partial charge in [0.2, 0.25) is 0 Å². The van der Waals surface area contributed by atoms with E-state index in [1.54, 1.807) is 6.07 Å². The summed E-state index contributed by atoms with van der Waals surface area (Å²) < 4.78 is 12.7. The molecule has 2 nitrogen and oxygen atoms in total. The van der Waals surface area contributed by atoms with Crippen LogP contribution in [0.1, 0.15) is 12.0 Å². The maximum Gasteiger partial charge on any atom is 0.123 e. The average molecular weight is 169 g/mol. The lowest BCUT2D eigenvalue weighted by atomic mass is 10.1. The molecule has 0 saturated carbocycles. The molecule has 66 valence electrons. The number of halogens is 1. The Balaban J connectivity index is 2.75. The SMILES string of the molecule is Nc1ccc(F)cc1CCCO. The van der Waals surface area contributed by atoms with Crippen molar-refractivity contribution in [1.29, 1.82) is 0 Å². The van der Waals surface area contributed by atoms with Crippen molar-refractivity contribution in [2.75, 3.05) is 12.3 Å². The molecule has 0 radical (unpaired) electrons. The van der Waals surface area contributed by atoms with Crippen LogP contribution in [0.2, 0.25) is 0 Å². The standard InChI is InChI=1S/C9H12FNO/c10-8-3-4-9(11)7(6-8)2-1-5-12/h3-4,6,12H,1-2,5,11H2. The van der Waals surface area contributed by atoms with Crippen molar-refractivity contribution in [1.82, 2.24) is 0 Å². The van der Waals surface area contributed by atoms with Crippen LogP contribution >= 0.6 is 0 Å². The van der Waals surface area contributed by atoms with Crippen LogP contribution in [0, 0.1) is 5.82 Å². The summed E-state index contributed by atoms with van der Waals surface area (Å²) >= 11 is 0. The van der Waals surface area contributed by atoms with Gasteiger partial charge in [-0.05, 0) is 36.6 Å². The largest absolute Gasteiger partial charge is 0.399 e. The molecule has 12 heavy (non-hydrogen) atoms. The molecule has 0 atom stereocenters. The molecule has 1 rings (SSSR count). The summed E-state index contributed by atoms with van der Waals surface area (Å²) in [6, 6.07) is 4.28. The molecule has 0 aliphatic rings. The lowest BCUT2D eigenvalue weighted by Gasteiger charge is -2.03. The number of aliphatic hydroxyl groups excluding tert-OH is 1. The Kier molecular flexibility index (Phi) is 3.05. The van der Waals surface area contributed by atoms with Crippen molar-refractivity contribution in [3.8, 4) is 0 Å². The van der Waals surface area contributed by atoms with Crippen LogP contribution < -0.4 is 5.73 Å². The molecule has 0 unspecified atom stereocenters. The van der Waals surface area contributed by atoms with Crippen molar-refractivity contribution in [2.45, 2.75) is 12.8 Å². The van der Waals surface area contributed by atoms with Gasteiger partial charge in [0.1, 0.15) is 5.82 Å². The summed E-state index contributed by atoms with van der Waals surface area (Å²) in [5.41, 5.74) is 6.94. The van der Waals surface area contributed by atoms with Crippen molar-refractivity contribution in [2.24, 2.45) is 0 Å². The average Bonchev–Trinajstić information content (AvgIpc) is 2.07. The quantitative estimate of drug-likeness (QED) is 0.670. The van der Waals surface area contributed by atoms with Gasteiger partial charge in [0, 0.05) is 12.3 Å². The van der Waals surface area contributed by atoms with Crippen LogP contribution in [0.4, 0.5) is 10.1 Å². The Hall–Kier alpha value is -1.09. The highest BCUT2D eigenvalue weighted by Gasteiger charge is 1.99. The van der Waals surface area contributed by atoms with E-state index in [0.717, 1.165) is 5.56 Å². The number of nitrogen functional groups attached to an aromatic ring is 1. The molecule has 1 aromatic carbocycles. The van der Waals surface area contributed by atoms with E-state index < -0.39 is 0 Å². The van der Waals surface area contributed by atoms with Gasteiger partial charge >= 0.3 is 0 Å². The van der Waals surface area contributed by atoms with E-state index >= 15 is 0 Å². The first-order valence-electron chi connectivity index (χ1n) is 3.89. The Bertz CT molecular complexity index is 263. The summed E-state index contributed by atoms with van der Waals surface area (Å²) in [7, 11) is 0. The van der Waals surface area contributed by atoms with Crippen LogP contribution in [0.25, 0.3) is 0 Å². The number of rotatable bonds is 3. The Morgan fingerprint density at radius 1 is 1.42 bits per heavy atom. The van der Waals surface area contributed by atoms with E-state index in [1.807, 2.05) is 0 Å². The predicted molar refractivity (Wildman–Crippen MR) is 46.2 cm³/mol. The van der Waals surface area contributed by atoms with E-state index in [0.29, 0.717) is 18.5 Å². The second-order valence-electron chi connectivity index (χ2n) is 2.67. The number of anilines is 1. The van der Waals surface area contributed by atoms with Gasteiger partial charge in [0.05, 0.1) is 0 Å². The fourth-order valence-electron chi connectivity index (χ4n) is 1.06. The van der Waals surface area contributed by atoms with Gasteiger partial charge in [-0.15, -0.1) is 0 Å². The highest BCUT2D eigenvalue weighted by molar-refractivity contribution is 5.46. The predicted octanol–water partition coefficient (Wildman–Crippen LogP) is 1.33. The molecule has 0 spiro atoms. The van der Waals surface area contributed by atoms with Gasteiger partial charge < -0.3 is 10.8 Å². The lowest BCUT2D eigenvalue weighted by Crippen LogP contribution is -1.96. The number of aryl methyl sites for hydroxylation is 1. The highest BCUT2D eigenvalue weighted by atomic mass is 19.1. The minimum atomic E-state index is -0.280. The summed E-state index contributed by atoms with van der Waals surface area (Å²) in [6.07, 6.45) is 1.24. The van der Waals surface area contributed by atoms with Crippen molar-refractivity contribution in [3.63, 3.8) is 0 Å². The van der Waals surface area contributed by atoms with Crippen molar-refractivity contribution in [3.05, 3.63) is 29.6 Å². The zero-order valence-electron chi connectivity index (χ0n) is 6.76. The Morgan fingerprint density at radius 2 is 2.17 bits per heavy atom. The second kappa shape index (κ2) is 4.07. The van der Waals surface area contributed by atoms with E-state index in [9.17, 15) is 4.39 Å². The maximum absolute atomic E-state index is 12.7. The minimum Gasteiger partial charge on any atom is -0.399 e. The summed E-state index contributed by atoms with van der Waals surface area (Å²) in [4.78, 5) is 0. The first-order chi connectivity index (χ1) is 5.74. The number of hydrogen-bond donors (Lipinski definition) is 2. The first-order valence-corrected chi connectivity index (χ1v) is 3.89. The van der Waals surface area contributed by atoms with Gasteiger partial charge in [-0.25, -0.2) is 4.39 Å². The van der Waals surface area contributed by atoms with Gasteiger partial charge in [0.25, 0.3) is 0 Å². The van der Waals surface area contributed by atoms with Gasteiger partial charge in [-0.1, -0.05) is 0 Å². The fourth-order valence-corrected chi connectivity index (χ4v) is 1.06. The third-order valence-corrected chi connectivity index (χ3v) is 1.71. The number of nitrogens with two attached hydrogens (primary N) is 1. The molecule has 0 saturated heterocycles. The third kappa shape index (κ3) is 2.20. The molecule has 0 fully saturated rings. The monoisotopic (exact) mass is 169 g/mol. The molecule has 3 heteroatoms. The third-order valence-electron chi connectivity index (χ3n) is 1.71. The maximum atomic E-state index is 12.7. The molecular weight excluding hydrogens is 157 g/mol. The minimum absolute atomic E-state index is 0.107. The highest BCUT2D eigenvalue weighted by Crippen LogP contribution is 2.14.